The largest absolute Gasteiger partial charge is 0.455 e. The van der Waals surface area contributed by atoms with Gasteiger partial charge in [-0.3, -0.25) is 0 Å². The molecule has 32 aromatic rings. The van der Waals surface area contributed by atoms with Gasteiger partial charge >= 0.3 is 0 Å². The Kier molecular flexibility index (Phi) is 20.0. The van der Waals surface area contributed by atoms with Crippen molar-refractivity contribution in [1.29, 1.82) is 0 Å². The van der Waals surface area contributed by atoms with Gasteiger partial charge < -0.3 is 28.0 Å². The summed E-state index contributed by atoms with van der Waals surface area (Å²) in [4.78, 5) is 6.94. The maximum absolute atomic E-state index is 6.77. The van der Waals surface area contributed by atoms with Crippen LogP contribution in [-0.4, -0.2) is 0 Å². The first-order chi connectivity index (χ1) is 74.4. The second-order valence-corrected chi connectivity index (χ2v) is 39.5. The normalized spacial score (nSPS) is 11.9. The molecule has 29 aromatic carbocycles. The Hall–Kier alpha value is -19.9. The van der Waals surface area contributed by atoms with E-state index in [0.29, 0.717) is 0 Å². The summed E-state index contributed by atoms with van der Waals surface area (Å²) in [5.74, 6) is 0. The Bertz CT molecular complexity index is 10500. The third-order valence-electron chi connectivity index (χ3n) is 31.1. The molecule has 0 unspecified atom stereocenters. The van der Waals surface area contributed by atoms with E-state index in [1.165, 1.54) is 185 Å². The molecular formula is C144H89N3O3. The fourth-order valence-electron chi connectivity index (χ4n) is 24.2. The van der Waals surface area contributed by atoms with Crippen molar-refractivity contribution in [3.05, 3.63) is 540 Å². The Morgan fingerprint density at radius 3 is 0.593 bits per heavy atom. The van der Waals surface area contributed by atoms with Gasteiger partial charge in [0.2, 0.25) is 0 Å². The van der Waals surface area contributed by atoms with Crippen molar-refractivity contribution >= 4 is 214 Å². The van der Waals surface area contributed by atoms with Crippen molar-refractivity contribution < 1.29 is 13.3 Å². The van der Waals surface area contributed by atoms with Gasteiger partial charge in [-0.1, -0.05) is 382 Å². The van der Waals surface area contributed by atoms with Gasteiger partial charge in [-0.05, 0) is 311 Å². The number of nitrogens with zero attached hydrogens (tertiary/aromatic N) is 3. The molecule has 698 valence electrons. The SMILES string of the molecule is c1ccc(-c2ccc(N(c3ccc(-c4ccccc4)cc3)c3ccc(-c4cc5ccc6cccc7c8cccc9oc4c(c98)c5c67)cc3)cc2)cc1.c1ccc(-c2ccc(N(c3ccccc3)c3ccc(-c4cccc(-c5cc6ccc7cccc8c9cccc%10oc5c(c%109)c6c78)c4)cc3)cc2)cc1.c1ccc(N(c2ccccc2)c2ccc(-c3cccc(-c4cc5ccc6cccc7c8cccc9oc4c(c98)c5c67)c3)cc2)cc1. The van der Waals surface area contributed by atoms with Crippen molar-refractivity contribution in [2.75, 3.05) is 14.7 Å². The van der Waals surface area contributed by atoms with E-state index in [2.05, 4.69) is 555 Å². The highest BCUT2D eigenvalue weighted by atomic mass is 16.3. The van der Waals surface area contributed by atoms with Crippen molar-refractivity contribution in [3.8, 4) is 89.0 Å². The summed E-state index contributed by atoms with van der Waals surface area (Å²) in [5, 5.41) is 30.4. The average molecular weight is 1910 g/mol. The molecule has 32 rings (SSSR count). The van der Waals surface area contributed by atoms with Crippen molar-refractivity contribution in [1.82, 2.24) is 0 Å². The molecule has 0 amide bonds. The second-order valence-electron chi connectivity index (χ2n) is 39.5. The van der Waals surface area contributed by atoms with Crippen LogP contribution in [0.4, 0.5) is 51.2 Å². The van der Waals surface area contributed by atoms with Crippen LogP contribution < -0.4 is 14.7 Å². The Labute approximate surface area is 864 Å². The predicted molar refractivity (Wildman–Crippen MR) is 633 cm³/mol. The molecule has 0 N–H and O–H groups in total. The van der Waals surface area contributed by atoms with Crippen LogP contribution in [-0.2, 0) is 0 Å². The van der Waals surface area contributed by atoms with Gasteiger partial charge in [-0.2, -0.15) is 0 Å². The first-order valence-electron chi connectivity index (χ1n) is 51.5. The standard InChI is InChI=1S/2C50H31NO.C44H27NO/c1-3-10-32(11-4-1)33-22-26-40(27-23-33)51(39-15-5-2-6-16-39)41-28-24-34(25-29-41)36-13-7-14-37(30-36)44-31-38-21-20-35-12-8-17-42-43-18-9-19-45-48(43)49(50(44)52-45)47(38)46(35)42;1-3-9-32(10-4-1)34-19-25-39(26-20-34)51(40-27-21-35(22-28-40)33-11-5-2-6-12-33)41-29-23-36(24-30-41)44-31-38-18-17-37-13-7-14-42-43-15-8-16-45-48(43)49(50(44)52-45)47(38)46(37)42;1-3-13-33(14-4-1)45(34-15-5-2-6-16-34)35-24-22-28(23-25-35)30-11-7-12-31(26-30)38-27-32-21-20-29-10-8-17-36-37-18-9-19-39-42(37)43(44(38)46-39)41(32)40(29)36/h2*1-31H;1-27H. The van der Waals surface area contributed by atoms with Crippen LogP contribution in [0, 0.1) is 0 Å². The Balaban J connectivity index is 0.000000104. The van der Waals surface area contributed by atoms with Crippen LogP contribution in [0.25, 0.3) is 252 Å². The number of para-hydroxylation sites is 3. The lowest BCUT2D eigenvalue weighted by atomic mass is 9.87. The summed E-state index contributed by atoms with van der Waals surface area (Å²) >= 11 is 0. The zero-order valence-electron chi connectivity index (χ0n) is 81.5. The molecule has 0 saturated heterocycles. The third kappa shape index (κ3) is 14.1. The first kappa shape index (κ1) is 85.6. The molecule has 0 aliphatic heterocycles. The molecule has 0 radical (unpaired) electrons. The highest BCUT2D eigenvalue weighted by Crippen LogP contribution is 2.56. The second kappa shape index (κ2) is 35.0. The first-order valence-corrected chi connectivity index (χ1v) is 51.5. The zero-order valence-corrected chi connectivity index (χ0v) is 81.5. The number of hydrogen-bond donors (Lipinski definition) is 0. The Morgan fingerprint density at radius 1 is 0.113 bits per heavy atom. The van der Waals surface area contributed by atoms with Gasteiger partial charge in [0.15, 0.2) is 0 Å². The number of hydrogen-bond acceptors (Lipinski definition) is 6. The molecular weight excluding hydrogens is 1820 g/mol. The number of fused-ring (bicyclic) bond motifs is 3. The van der Waals surface area contributed by atoms with Gasteiger partial charge in [0.1, 0.15) is 33.5 Å². The maximum atomic E-state index is 6.77. The van der Waals surface area contributed by atoms with E-state index in [0.717, 1.165) is 118 Å². The van der Waals surface area contributed by atoms with Crippen LogP contribution in [0.15, 0.2) is 553 Å². The van der Waals surface area contributed by atoms with E-state index >= 15 is 0 Å². The maximum Gasteiger partial charge on any atom is 0.143 e. The lowest BCUT2D eigenvalue weighted by Crippen LogP contribution is -2.09. The summed E-state index contributed by atoms with van der Waals surface area (Å²) < 4.78 is 20.3. The molecule has 0 aliphatic carbocycles. The molecule has 0 bridgehead atoms. The van der Waals surface area contributed by atoms with E-state index in [1.807, 2.05) is 0 Å². The van der Waals surface area contributed by atoms with Crippen LogP contribution in [0.2, 0.25) is 0 Å². The molecule has 0 aliphatic rings. The highest BCUT2D eigenvalue weighted by molar-refractivity contribution is 6.44. The molecule has 6 nitrogen and oxygen atoms in total. The van der Waals surface area contributed by atoms with E-state index in [9.17, 15) is 0 Å². The van der Waals surface area contributed by atoms with Crippen LogP contribution in [0.5, 0.6) is 0 Å². The van der Waals surface area contributed by atoms with Crippen molar-refractivity contribution in [2.24, 2.45) is 0 Å². The minimum absolute atomic E-state index is 0.938. The Morgan fingerprint density at radius 2 is 0.313 bits per heavy atom. The molecule has 3 aromatic heterocycles. The number of anilines is 9. The van der Waals surface area contributed by atoms with Gasteiger partial charge in [0.25, 0.3) is 0 Å². The summed E-state index contributed by atoms with van der Waals surface area (Å²) in [6, 6.07) is 194. The van der Waals surface area contributed by atoms with Crippen LogP contribution in [0.1, 0.15) is 0 Å². The van der Waals surface area contributed by atoms with E-state index in [1.54, 1.807) is 0 Å². The van der Waals surface area contributed by atoms with Gasteiger partial charge in [0.05, 0.1) is 0 Å². The highest BCUT2D eigenvalue weighted by Gasteiger charge is 2.30. The zero-order chi connectivity index (χ0) is 98.5. The number of rotatable bonds is 17. The van der Waals surface area contributed by atoms with E-state index in [4.69, 9.17) is 13.3 Å². The van der Waals surface area contributed by atoms with E-state index < -0.39 is 0 Å². The monoisotopic (exact) mass is 1910 g/mol. The predicted octanol–water partition coefficient (Wildman–Crippen LogP) is 41.5. The minimum Gasteiger partial charge on any atom is -0.455 e. The lowest BCUT2D eigenvalue weighted by Gasteiger charge is -2.26. The van der Waals surface area contributed by atoms with Gasteiger partial charge in [-0.15, -0.1) is 0 Å². The number of benzene rings is 29. The summed E-state index contributed by atoms with van der Waals surface area (Å²) in [6.07, 6.45) is 0. The lowest BCUT2D eigenvalue weighted by molar-refractivity contribution is 0.670. The molecule has 0 atom stereocenters. The summed E-state index contributed by atoms with van der Waals surface area (Å²) in [5.41, 5.74) is 34.4. The van der Waals surface area contributed by atoms with Gasteiger partial charge in [0, 0.05) is 116 Å². The van der Waals surface area contributed by atoms with Crippen molar-refractivity contribution in [3.63, 3.8) is 0 Å². The average Bonchev–Trinajstić information content (AvgIpc) is 1.52. The summed E-state index contributed by atoms with van der Waals surface area (Å²) in [7, 11) is 0. The molecule has 0 saturated carbocycles. The molecule has 0 spiro atoms. The van der Waals surface area contributed by atoms with Crippen LogP contribution in [0.3, 0.4) is 0 Å². The minimum atomic E-state index is 0.938. The quantitative estimate of drug-likeness (QED) is 0.0669. The summed E-state index contributed by atoms with van der Waals surface area (Å²) in [6.45, 7) is 0. The third-order valence-corrected chi connectivity index (χ3v) is 31.1. The smallest absolute Gasteiger partial charge is 0.143 e. The topological polar surface area (TPSA) is 49.1 Å². The molecule has 150 heavy (non-hydrogen) atoms. The van der Waals surface area contributed by atoms with Crippen molar-refractivity contribution in [2.45, 2.75) is 0 Å². The fraction of sp³-hybridized carbons (Fsp3) is 0. The molecule has 0 fully saturated rings. The molecule has 6 heteroatoms. The fourth-order valence-corrected chi connectivity index (χ4v) is 24.2. The van der Waals surface area contributed by atoms with E-state index in [-0.39, 0.29) is 0 Å². The number of furan rings is 3. The van der Waals surface area contributed by atoms with Crippen LogP contribution >= 0.6 is 0 Å². The molecule has 3 heterocycles. The van der Waals surface area contributed by atoms with Gasteiger partial charge in [-0.25, -0.2) is 0 Å².